The van der Waals surface area contributed by atoms with Crippen LogP contribution in [0.5, 0.6) is 5.75 Å². The lowest BCUT2D eigenvalue weighted by atomic mass is 10.1. The lowest BCUT2D eigenvalue weighted by Crippen LogP contribution is -2.20. The van der Waals surface area contributed by atoms with Crippen molar-refractivity contribution in [2.45, 2.75) is 6.92 Å². The molecule has 0 saturated carbocycles. The van der Waals surface area contributed by atoms with E-state index in [9.17, 15) is 9.90 Å². The summed E-state index contributed by atoms with van der Waals surface area (Å²) in [5.41, 5.74) is 0. The Balaban J connectivity index is 2.27. The smallest absolute Gasteiger partial charge is 0.308 e. The van der Waals surface area contributed by atoms with Crippen molar-refractivity contribution < 1.29 is 15.0 Å². The van der Waals surface area contributed by atoms with Crippen LogP contribution in [-0.2, 0) is 4.79 Å². The number of aromatic hydroxyl groups is 1. The van der Waals surface area contributed by atoms with Gasteiger partial charge in [-0.15, -0.1) is 0 Å². The van der Waals surface area contributed by atoms with Crippen molar-refractivity contribution in [2.24, 2.45) is 5.92 Å². The van der Waals surface area contributed by atoms with E-state index in [1.165, 1.54) is 0 Å². The molecule has 1 unspecified atom stereocenters. The van der Waals surface area contributed by atoms with Gasteiger partial charge in [-0.2, -0.15) is 0 Å². The van der Waals surface area contributed by atoms with Gasteiger partial charge in [-0.1, -0.05) is 13.0 Å². The standard InChI is InChI=1S/C13H14N2O3/c1-8(13(17)18)7-15-12-11-6-10(16)3-2-9(11)4-5-14-12/h2-6,8,16H,7H2,1H3,(H,14,15)(H,17,18). The fourth-order valence-corrected chi connectivity index (χ4v) is 1.63. The molecule has 1 atom stereocenters. The number of hydrogen-bond donors (Lipinski definition) is 3. The van der Waals surface area contributed by atoms with Gasteiger partial charge in [0.15, 0.2) is 0 Å². The molecule has 94 valence electrons. The van der Waals surface area contributed by atoms with Crippen LogP contribution >= 0.6 is 0 Å². The van der Waals surface area contributed by atoms with Gasteiger partial charge in [-0.05, 0) is 23.6 Å². The van der Waals surface area contributed by atoms with Gasteiger partial charge in [0.1, 0.15) is 11.6 Å². The highest BCUT2D eigenvalue weighted by molar-refractivity contribution is 5.92. The fourth-order valence-electron chi connectivity index (χ4n) is 1.63. The van der Waals surface area contributed by atoms with Crippen LogP contribution < -0.4 is 5.32 Å². The number of rotatable bonds is 4. The Morgan fingerprint density at radius 1 is 1.44 bits per heavy atom. The van der Waals surface area contributed by atoms with Crippen molar-refractivity contribution in [3.05, 3.63) is 30.5 Å². The molecule has 18 heavy (non-hydrogen) atoms. The average Bonchev–Trinajstić information content (AvgIpc) is 2.35. The van der Waals surface area contributed by atoms with Crippen molar-refractivity contribution in [1.82, 2.24) is 4.98 Å². The summed E-state index contributed by atoms with van der Waals surface area (Å²) in [5.74, 6) is -0.619. The van der Waals surface area contributed by atoms with Crippen molar-refractivity contribution in [2.75, 3.05) is 11.9 Å². The van der Waals surface area contributed by atoms with Gasteiger partial charge >= 0.3 is 5.97 Å². The van der Waals surface area contributed by atoms with Gasteiger partial charge in [0, 0.05) is 18.1 Å². The predicted octanol–water partition coefficient (Wildman–Crippen LogP) is 2.07. The van der Waals surface area contributed by atoms with Gasteiger partial charge in [-0.3, -0.25) is 4.79 Å². The lowest BCUT2D eigenvalue weighted by molar-refractivity contribution is -0.140. The van der Waals surface area contributed by atoms with Crippen molar-refractivity contribution in [3.63, 3.8) is 0 Å². The molecule has 5 heteroatoms. The van der Waals surface area contributed by atoms with Crippen LogP contribution in [0, 0.1) is 5.92 Å². The second kappa shape index (κ2) is 4.91. The number of phenols is 1. The summed E-state index contributed by atoms with van der Waals surface area (Å²) in [6.07, 6.45) is 1.65. The molecule has 0 fully saturated rings. The number of phenolic OH excluding ortho intramolecular Hbond substituents is 1. The number of aromatic nitrogens is 1. The largest absolute Gasteiger partial charge is 0.508 e. The summed E-state index contributed by atoms with van der Waals surface area (Å²) in [6, 6.07) is 6.83. The van der Waals surface area contributed by atoms with Gasteiger partial charge < -0.3 is 15.5 Å². The molecule has 0 saturated heterocycles. The first-order valence-electron chi connectivity index (χ1n) is 5.62. The lowest BCUT2D eigenvalue weighted by Gasteiger charge is -2.11. The molecule has 0 bridgehead atoms. The first-order chi connectivity index (χ1) is 8.58. The maximum absolute atomic E-state index is 10.7. The van der Waals surface area contributed by atoms with Crippen LogP contribution in [0.2, 0.25) is 0 Å². The van der Waals surface area contributed by atoms with E-state index in [2.05, 4.69) is 10.3 Å². The Bertz CT molecular complexity index is 583. The molecule has 1 aromatic carbocycles. The third kappa shape index (κ3) is 2.51. The fraction of sp³-hybridized carbons (Fsp3) is 0.231. The number of aliphatic carboxylic acids is 1. The number of carboxylic acids is 1. The van der Waals surface area contributed by atoms with Crippen LogP contribution in [0.25, 0.3) is 10.8 Å². The third-order valence-electron chi connectivity index (χ3n) is 2.75. The molecule has 0 amide bonds. The minimum Gasteiger partial charge on any atom is -0.508 e. The van der Waals surface area contributed by atoms with Crippen LogP contribution in [0.3, 0.4) is 0 Å². The SMILES string of the molecule is CC(CNc1nccc2ccc(O)cc12)C(=O)O. The molecule has 0 aliphatic heterocycles. The van der Waals surface area contributed by atoms with Gasteiger partial charge in [-0.25, -0.2) is 4.98 Å². The molecule has 2 aromatic rings. The zero-order valence-corrected chi connectivity index (χ0v) is 9.92. The highest BCUT2D eigenvalue weighted by atomic mass is 16.4. The number of carboxylic acid groups (broad SMARTS) is 1. The number of fused-ring (bicyclic) bond motifs is 1. The first kappa shape index (κ1) is 12.2. The summed E-state index contributed by atoms with van der Waals surface area (Å²) in [7, 11) is 0. The highest BCUT2D eigenvalue weighted by Crippen LogP contribution is 2.25. The first-order valence-corrected chi connectivity index (χ1v) is 5.62. The van der Waals surface area contributed by atoms with E-state index in [0.717, 1.165) is 10.8 Å². The molecule has 0 spiro atoms. The molecular weight excluding hydrogens is 232 g/mol. The van der Waals surface area contributed by atoms with E-state index in [1.807, 2.05) is 6.07 Å². The molecule has 0 aliphatic rings. The topological polar surface area (TPSA) is 82.5 Å². The predicted molar refractivity (Wildman–Crippen MR) is 68.7 cm³/mol. The molecule has 5 nitrogen and oxygen atoms in total. The number of benzene rings is 1. The molecule has 1 heterocycles. The van der Waals surface area contributed by atoms with E-state index in [0.29, 0.717) is 5.82 Å². The van der Waals surface area contributed by atoms with Crippen molar-refractivity contribution >= 4 is 22.6 Å². The summed E-state index contributed by atoms with van der Waals surface area (Å²) in [4.78, 5) is 14.9. The second-order valence-corrected chi connectivity index (χ2v) is 4.19. The van der Waals surface area contributed by atoms with Crippen LogP contribution in [0.15, 0.2) is 30.5 Å². The van der Waals surface area contributed by atoms with E-state index in [-0.39, 0.29) is 12.3 Å². The summed E-state index contributed by atoms with van der Waals surface area (Å²) < 4.78 is 0. The zero-order chi connectivity index (χ0) is 13.1. The van der Waals surface area contributed by atoms with E-state index in [4.69, 9.17) is 5.11 Å². The Hall–Kier alpha value is -2.30. The minimum atomic E-state index is -0.856. The van der Waals surface area contributed by atoms with Crippen molar-refractivity contribution in [3.8, 4) is 5.75 Å². The molecule has 3 N–H and O–H groups in total. The molecular formula is C13H14N2O3. The van der Waals surface area contributed by atoms with E-state index < -0.39 is 11.9 Å². The summed E-state index contributed by atoms with van der Waals surface area (Å²) >= 11 is 0. The molecule has 1 aromatic heterocycles. The highest BCUT2D eigenvalue weighted by Gasteiger charge is 2.11. The number of nitrogens with one attached hydrogen (secondary N) is 1. The quantitative estimate of drug-likeness (QED) is 0.769. The molecule has 0 aliphatic carbocycles. The van der Waals surface area contributed by atoms with Crippen LogP contribution in [-0.4, -0.2) is 27.7 Å². The number of nitrogens with zero attached hydrogens (tertiary/aromatic N) is 1. The zero-order valence-electron chi connectivity index (χ0n) is 9.92. The second-order valence-electron chi connectivity index (χ2n) is 4.19. The Kier molecular flexibility index (Phi) is 3.32. The Morgan fingerprint density at radius 2 is 2.22 bits per heavy atom. The Morgan fingerprint density at radius 3 is 2.94 bits per heavy atom. The van der Waals surface area contributed by atoms with Gasteiger partial charge in [0.2, 0.25) is 0 Å². The minimum absolute atomic E-state index is 0.157. The van der Waals surface area contributed by atoms with E-state index in [1.54, 1.807) is 31.3 Å². The van der Waals surface area contributed by atoms with Crippen molar-refractivity contribution in [1.29, 1.82) is 0 Å². The Labute approximate surface area is 104 Å². The van der Waals surface area contributed by atoms with E-state index >= 15 is 0 Å². The maximum Gasteiger partial charge on any atom is 0.308 e. The van der Waals surface area contributed by atoms with Gasteiger partial charge in [0.25, 0.3) is 0 Å². The number of hydrogen-bond acceptors (Lipinski definition) is 4. The van der Waals surface area contributed by atoms with Crippen LogP contribution in [0.1, 0.15) is 6.92 Å². The maximum atomic E-state index is 10.7. The van der Waals surface area contributed by atoms with Gasteiger partial charge in [0.05, 0.1) is 5.92 Å². The van der Waals surface area contributed by atoms with Crippen LogP contribution in [0.4, 0.5) is 5.82 Å². The molecule has 2 rings (SSSR count). The number of pyridine rings is 1. The average molecular weight is 246 g/mol. The molecule has 0 radical (unpaired) electrons. The monoisotopic (exact) mass is 246 g/mol. The third-order valence-corrected chi connectivity index (χ3v) is 2.75. The summed E-state index contributed by atoms with van der Waals surface area (Å²) in [5, 5.41) is 23.0. The normalized spacial score (nSPS) is 12.3. The number of anilines is 1. The summed E-state index contributed by atoms with van der Waals surface area (Å²) in [6.45, 7) is 1.91. The number of carbonyl (C=O) groups is 1.